The van der Waals surface area contributed by atoms with Crippen LogP contribution in [0.1, 0.15) is 41.5 Å². The summed E-state index contributed by atoms with van der Waals surface area (Å²) < 4.78 is 5.15. The second-order valence-corrected chi connectivity index (χ2v) is 5.95. The summed E-state index contributed by atoms with van der Waals surface area (Å²) in [7, 11) is 0. The molecule has 1 fully saturated rings. The van der Waals surface area contributed by atoms with E-state index in [0.29, 0.717) is 6.54 Å². The highest BCUT2D eigenvalue weighted by molar-refractivity contribution is 5.83. The number of hydrogen-bond donors (Lipinski definition) is 1. The van der Waals surface area contributed by atoms with Gasteiger partial charge in [0.05, 0.1) is 5.69 Å². The predicted octanol–water partition coefficient (Wildman–Crippen LogP) is 2.14. The zero-order chi connectivity index (χ0) is 16.2. The molecule has 0 aromatic carbocycles. The molecule has 0 bridgehead atoms. The Balaban J connectivity index is 1.75. The van der Waals surface area contributed by atoms with E-state index in [2.05, 4.69) is 20.4 Å². The van der Waals surface area contributed by atoms with Crippen LogP contribution in [-0.2, 0) is 11.3 Å². The van der Waals surface area contributed by atoms with E-state index in [1.54, 1.807) is 12.4 Å². The minimum atomic E-state index is -0.285. The third-order valence-electron chi connectivity index (χ3n) is 4.37. The molecule has 122 valence electrons. The number of nitrogens with one attached hydrogen (secondary N) is 1. The largest absolute Gasteiger partial charge is 0.361 e. The van der Waals surface area contributed by atoms with Gasteiger partial charge in [-0.2, -0.15) is 0 Å². The molecule has 3 heterocycles. The fourth-order valence-electron chi connectivity index (χ4n) is 3.09. The lowest BCUT2D eigenvalue weighted by atomic mass is 10.1. The molecule has 1 aliphatic rings. The van der Waals surface area contributed by atoms with E-state index in [1.807, 2.05) is 26.0 Å². The lowest BCUT2D eigenvalue weighted by Crippen LogP contribution is -2.39. The van der Waals surface area contributed by atoms with E-state index >= 15 is 0 Å². The standard InChI is InChI=1S/C17H22N4O2/c1-12-15(13(2)23-20-12)11-19-17(22)16(21-8-3-4-9-21)14-6-5-7-18-10-14/h5-7,10,16H,3-4,8-9,11H2,1-2H3,(H,19,22)/t16-/m0/s1. The topological polar surface area (TPSA) is 71.3 Å². The van der Waals surface area contributed by atoms with Gasteiger partial charge in [-0.15, -0.1) is 0 Å². The number of pyridine rings is 1. The maximum absolute atomic E-state index is 12.8. The van der Waals surface area contributed by atoms with Crippen LogP contribution in [0.4, 0.5) is 0 Å². The highest BCUT2D eigenvalue weighted by Gasteiger charge is 2.30. The van der Waals surface area contributed by atoms with Gasteiger partial charge in [0, 0.05) is 24.5 Å². The smallest absolute Gasteiger partial charge is 0.242 e. The van der Waals surface area contributed by atoms with Crippen molar-refractivity contribution in [1.82, 2.24) is 20.4 Å². The lowest BCUT2D eigenvalue weighted by molar-refractivity contribution is -0.126. The van der Waals surface area contributed by atoms with Gasteiger partial charge >= 0.3 is 0 Å². The van der Waals surface area contributed by atoms with E-state index in [-0.39, 0.29) is 11.9 Å². The summed E-state index contributed by atoms with van der Waals surface area (Å²) in [5, 5.41) is 6.96. The molecule has 0 saturated carbocycles. The number of hydrogen-bond acceptors (Lipinski definition) is 5. The Morgan fingerprint density at radius 1 is 1.39 bits per heavy atom. The van der Waals surface area contributed by atoms with Crippen LogP contribution in [0.25, 0.3) is 0 Å². The van der Waals surface area contributed by atoms with E-state index in [0.717, 1.165) is 48.5 Å². The lowest BCUT2D eigenvalue weighted by Gasteiger charge is -2.26. The van der Waals surface area contributed by atoms with Gasteiger partial charge in [0.25, 0.3) is 0 Å². The summed E-state index contributed by atoms with van der Waals surface area (Å²) in [5.41, 5.74) is 2.71. The van der Waals surface area contributed by atoms with Gasteiger partial charge in [0.2, 0.25) is 5.91 Å². The zero-order valence-corrected chi connectivity index (χ0v) is 13.6. The third-order valence-corrected chi connectivity index (χ3v) is 4.37. The van der Waals surface area contributed by atoms with Gasteiger partial charge < -0.3 is 9.84 Å². The quantitative estimate of drug-likeness (QED) is 0.915. The molecular weight excluding hydrogens is 292 g/mol. The fourth-order valence-corrected chi connectivity index (χ4v) is 3.09. The van der Waals surface area contributed by atoms with Crippen LogP contribution >= 0.6 is 0 Å². The Labute approximate surface area is 135 Å². The fraction of sp³-hybridized carbons (Fsp3) is 0.471. The Kier molecular flexibility index (Phi) is 4.71. The molecule has 3 rings (SSSR count). The van der Waals surface area contributed by atoms with Crippen molar-refractivity contribution in [2.75, 3.05) is 13.1 Å². The molecule has 1 saturated heterocycles. The van der Waals surface area contributed by atoms with Crippen molar-refractivity contribution in [3.8, 4) is 0 Å². The van der Waals surface area contributed by atoms with Gasteiger partial charge in [-0.05, 0) is 51.4 Å². The summed E-state index contributed by atoms with van der Waals surface area (Å²) >= 11 is 0. The van der Waals surface area contributed by atoms with Crippen LogP contribution < -0.4 is 5.32 Å². The second kappa shape index (κ2) is 6.91. The first kappa shape index (κ1) is 15.7. The van der Waals surface area contributed by atoms with Crippen molar-refractivity contribution in [2.24, 2.45) is 0 Å². The molecule has 2 aromatic rings. The number of carbonyl (C=O) groups is 1. The number of likely N-dealkylation sites (tertiary alicyclic amines) is 1. The Bertz CT molecular complexity index is 643. The minimum absolute atomic E-state index is 0.0000926. The number of aromatic nitrogens is 2. The van der Waals surface area contributed by atoms with Crippen molar-refractivity contribution < 1.29 is 9.32 Å². The molecule has 1 amide bonds. The van der Waals surface area contributed by atoms with Crippen LogP contribution in [0.5, 0.6) is 0 Å². The number of nitrogens with zero attached hydrogens (tertiary/aromatic N) is 3. The molecule has 2 aromatic heterocycles. The van der Waals surface area contributed by atoms with Gasteiger partial charge in [-0.3, -0.25) is 14.7 Å². The summed E-state index contributed by atoms with van der Waals surface area (Å²) in [5.74, 6) is 0.752. The Morgan fingerprint density at radius 2 is 2.17 bits per heavy atom. The number of rotatable bonds is 5. The number of carbonyl (C=O) groups excluding carboxylic acids is 1. The van der Waals surface area contributed by atoms with Gasteiger partial charge in [0.15, 0.2) is 0 Å². The van der Waals surface area contributed by atoms with Gasteiger partial charge in [-0.1, -0.05) is 11.2 Å². The van der Waals surface area contributed by atoms with Crippen LogP contribution in [0, 0.1) is 13.8 Å². The maximum atomic E-state index is 12.8. The van der Waals surface area contributed by atoms with E-state index in [9.17, 15) is 4.79 Å². The first-order valence-electron chi connectivity index (χ1n) is 8.00. The molecule has 0 unspecified atom stereocenters. The molecule has 6 nitrogen and oxygen atoms in total. The summed E-state index contributed by atoms with van der Waals surface area (Å²) in [6.07, 6.45) is 5.77. The minimum Gasteiger partial charge on any atom is -0.361 e. The highest BCUT2D eigenvalue weighted by atomic mass is 16.5. The van der Waals surface area contributed by atoms with Crippen molar-refractivity contribution in [2.45, 2.75) is 39.3 Å². The highest BCUT2D eigenvalue weighted by Crippen LogP contribution is 2.25. The molecule has 1 N–H and O–H groups in total. The zero-order valence-electron chi connectivity index (χ0n) is 13.6. The number of amides is 1. The van der Waals surface area contributed by atoms with E-state index < -0.39 is 0 Å². The molecule has 0 spiro atoms. The molecular formula is C17H22N4O2. The van der Waals surface area contributed by atoms with Gasteiger partial charge in [-0.25, -0.2) is 0 Å². The molecule has 0 aliphatic carbocycles. The van der Waals surface area contributed by atoms with E-state index in [1.165, 1.54) is 0 Å². The third kappa shape index (κ3) is 3.42. The van der Waals surface area contributed by atoms with Crippen LogP contribution in [0.2, 0.25) is 0 Å². The molecule has 23 heavy (non-hydrogen) atoms. The van der Waals surface area contributed by atoms with Crippen LogP contribution in [0.3, 0.4) is 0 Å². The first-order valence-corrected chi connectivity index (χ1v) is 8.00. The second-order valence-electron chi connectivity index (χ2n) is 5.95. The molecule has 1 aliphatic heterocycles. The Hall–Kier alpha value is -2.21. The SMILES string of the molecule is Cc1noc(C)c1CNC(=O)[C@H](c1cccnc1)N1CCCC1. The molecule has 1 atom stereocenters. The Morgan fingerprint density at radius 3 is 2.78 bits per heavy atom. The normalized spacial score (nSPS) is 16.4. The van der Waals surface area contributed by atoms with Crippen LogP contribution in [-0.4, -0.2) is 34.0 Å². The van der Waals surface area contributed by atoms with Gasteiger partial charge in [0.1, 0.15) is 11.8 Å². The first-order chi connectivity index (χ1) is 11.2. The molecule has 0 radical (unpaired) electrons. The average molecular weight is 314 g/mol. The van der Waals surface area contributed by atoms with Crippen molar-refractivity contribution in [3.63, 3.8) is 0 Å². The predicted molar refractivity (Wildman–Crippen MR) is 85.6 cm³/mol. The van der Waals surface area contributed by atoms with Crippen molar-refractivity contribution in [3.05, 3.63) is 47.1 Å². The average Bonchev–Trinajstić information content (AvgIpc) is 3.18. The monoisotopic (exact) mass is 314 g/mol. The number of aryl methyl sites for hydroxylation is 2. The summed E-state index contributed by atoms with van der Waals surface area (Å²) in [6.45, 7) is 6.07. The maximum Gasteiger partial charge on any atom is 0.242 e. The molecule has 6 heteroatoms. The van der Waals surface area contributed by atoms with E-state index in [4.69, 9.17) is 4.52 Å². The summed E-state index contributed by atoms with van der Waals surface area (Å²) in [4.78, 5) is 19.2. The van der Waals surface area contributed by atoms with Crippen molar-refractivity contribution in [1.29, 1.82) is 0 Å². The van der Waals surface area contributed by atoms with Crippen LogP contribution in [0.15, 0.2) is 29.0 Å². The summed E-state index contributed by atoms with van der Waals surface area (Å²) in [6, 6.07) is 3.55. The van der Waals surface area contributed by atoms with Crippen molar-refractivity contribution >= 4 is 5.91 Å².